The summed E-state index contributed by atoms with van der Waals surface area (Å²) >= 11 is 6.06. The number of halogens is 1. The van der Waals surface area contributed by atoms with Gasteiger partial charge in [0.2, 0.25) is 10.0 Å². The van der Waals surface area contributed by atoms with Crippen LogP contribution in [0.15, 0.2) is 23.1 Å². The van der Waals surface area contributed by atoms with Crippen molar-refractivity contribution in [3.63, 3.8) is 0 Å². The number of nitrogens with one attached hydrogen (secondary N) is 1. The van der Waals surface area contributed by atoms with Gasteiger partial charge in [-0.3, -0.25) is 4.79 Å². The summed E-state index contributed by atoms with van der Waals surface area (Å²) in [5.41, 5.74) is 0.308. The number of amides is 1. The maximum atomic E-state index is 12.6. The van der Waals surface area contributed by atoms with Crippen molar-refractivity contribution in [2.45, 2.75) is 44.0 Å². The lowest BCUT2D eigenvalue weighted by atomic mass is 10.2. The van der Waals surface area contributed by atoms with Gasteiger partial charge < -0.3 is 5.32 Å². The zero-order valence-corrected chi connectivity index (χ0v) is 14.4. The van der Waals surface area contributed by atoms with E-state index in [9.17, 15) is 13.2 Å². The van der Waals surface area contributed by atoms with E-state index in [1.807, 2.05) is 13.8 Å². The minimum absolute atomic E-state index is 0.00729. The van der Waals surface area contributed by atoms with Crippen LogP contribution in [0.3, 0.4) is 0 Å². The highest BCUT2D eigenvalue weighted by Gasteiger charge is 2.29. The van der Waals surface area contributed by atoms with Crippen LogP contribution in [0.4, 0.5) is 0 Å². The molecule has 0 radical (unpaired) electrons. The summed E-state index contributed by atoms with van der Waals surface area (Å²) < 4.78 is 26.7. The third-order valence-electron chi connectivity index (χ3n) is 3.87. The minimum Gasteiger partial charge on any atom is -0.350 e. The zero-order valence-electron chi connectivity index (χ0n) is 12.8. The van der Waals surface area contributed by atoms with Gasteiger partial charge in [0, 0.05) is 24.7 Å². The Labute approximate surface area is 136 Å². The molecule has 0 saturated carbocycles. The van der Waals surface area contributed by atoms with Gasteiger partial charge in [0.05, 0.1) is 5.02 Å². The number of rotatable bonds is 5. The quantitative estimate of drug-likeness (QED) is 0.893. The summed E-state index contributed by atoms with van der Waals surface area (Å²) in [6, 6.07) is 4.41. The molecule has 0 aliphatic carbocycles. The average Bonchev–Trinajstić information content (AvgIpc) is 3.02. The second-order valence-corrected chi connectivity index (χ2v) is 7.85. The van der Waals surface area contributed by atoms with Crippen LogP contribution >= 0.6 is 11.6 Å². The fraction of sp³-hybridized carbons (Fsp3) is 0.533. The van der Waals surface area contributed by atoms with Crippen molar-refractivity contribution in [3.8, 4) is 0 Å². The van der Waals surface area contributed by atoms with Gasteiger partial charge in [0.1, 0.15) is 4.90 Å². The molecule has 1 N–H and O–H groups in total. The van der Waals surface area contributed by atoms with Crippen molar-refractivity contribution < 1.29 is 13.2 Å². The van der Waals surface area contributed by atoms with Gasteiger partial charge in [0.15, 0.2) is 0 Å². The molecule has 1 aliphatic rings. The Kier molecular flexibility index (Phi) is 5.47. The van der Waals surface area contributed by atoms with Gasteiger partial charge in [-0.1, -0.05) is 18.5 Å². The van der Waals surface area contributed by atoms with Crippen molar-refractivity contribution in [2.24, 2.45) is 0 Å². The second kappa shape index (κ2) is 6.98. The molecule has 1 saturated heterocycles. The largest absolute Gasteiger partial charge is 0.350 e. The van der Waals surface area contributed by atoms with Gasteiger partial charge >= 0.3 is 0 Å². The number of benzene rings is 1. The molecule has 0 bridgehead atoms. The van der Waals surface area contributed by atoms with E-state index in [-0.39, 0.29) is 21.9 Å². The predicted octanol–water partition coefficient (Wildman–Crippen LogP) is 2.65. The number of nitrogens with zero attached hydrogens (tertiary/aromatic N) is 1. The highest BCUT2D eigenvalue weighted by Crippen LogP contribution is 2.28. The van der Waals surface area contributed by atoms with E-state index in [2.05, 4.69) is 5.32 Å². The first kappa shape index (κ1) is 17.2. The van der Waals surface area contributed by atoms with Gasteiger partial charge in [0.25, 0.3) is 5.91 Å². The summed E-state index contributed by atoms with van der Waals surface area (Å²) in [6.07, 6.45) is 2.51. The Balaban J connectivity index is 2.32. The highest BCUT2D eigenvalue weighted by atomic mass is 35.5. The molecule has 5 nitrogen and oxygen atoms in total. The van der Waals surface area contributed by atoms with E-state index in [0.717, 1.165) is 19.3 Å². The van der Waals surface area contributed by atoms with Crippen molar-refractivity contribution >= 4 is 27.5 Å². The lowest BCUT2D eigenvalue weighted by Gasteiger charge is -2.17. The molecule has 7 heteroatoms. The minimum atomic E-state index is -3.64. The van der Waals surface area contributed by atoms with Crippen molar-refractivity contribution in [1.29, 1.82) is 0 Å². The first-order valence-electron chi connectivity index (χ1n) is 7.47. The molecule has 1 aromatic rings. The summed E-state index contributed by atoms with van der Waals surface area (Å²) in [6.45, 7) is 4.87. The van der Waals surface area contributed by atoms with Crippen LogP contribution in [-0.2, 0) is 10.0 Å². The molecule has 1 heterocycles. The van der Waals surface area contributed by atoms with E-state index in [0.29, 0.717) is 18.7 Å². The zero-order chi connectivity index (χ0) is 16.3. The fourth-order valence-corrected chi connectivity index (χ4v) is 4.34. The molecule has 1 aliphatic heterocycles. The maximum Gasteiger partial charge on any atom is 0.251 e. The lowest BCUT2D eigenvalue weighted by Crippen LogP contribution is -2.32. The number of carbonyl (C=O) groups excluding carboxylic acids is 1. The monoisotopic (exact) mass is 344 g/mol. The Morgan fingerprint density at radius 2 is 2.00 bits per heavy atom. The highest BCUT2D eigenvalue weighted by molar-refractivity contribution is 7.89. The van der Waals surface area contributed by atoms with E-state index in [4.69, 9.17) is 11.6 Å². The molecular formula is C15H21ClN2O3S. The fourth-order valence-electron chi connectivity index (χ4n) is 2.32. The van der Waals surface area contributed by atoms with Crippen LogP contribution in [0.1, 0.15) is 43.5 Å². The van der Waals surface area contributed by atoms with Gasteiger partial charge in [-0.25, -0.2) is 8.42 Å². The summed E-state index contributed by atoms with van der Waals surface area (Å²) in [5, 5.41) is 2.97. The summed E-state index contributed by atoms with van der Waals surface area (Å²) in [5.74, 6) is -0.288. The first-order chi connectivity index (χ1) is 10.4. The van der Waals surface area contributed by atoms with E-state index in [1.54, 1.807) is 6.07 Å². The number of hydrogen-bond donors (Lipinski definition) is 1. The van der Waals surface area contributed by atoms with Crippen molar-refractivity contribution in [3.05, 3.63) is 28.8 Å². The SMILES string of the molecule is CC[C@H](C)NC(=O)c1ccc(Cl)c(S(=O)(=O)N2CCCC2)c1. The van der Waals surface area contributed by atoms with Crippen LogP contribution < -0.4 is 5.32 Å². The third-order valence-corrected chi connectivity index (χ3v) is 6.25. The van der Waals surface area contributed by atoms with Crippen molar-refractivity contribution in [2.75, 3.05) is 13.1 Å². The number of hydrogen-bond acceptors (Lipinski definition) is 3. The van der Waals surface area contributed by atoms with Gasteiger partial charge in [-0.05, 0) is 44.4 Å². The molecule has 0 spiro atoms. The molecule has 1 amide bonds. The first-order valence-corrected chi connectivity index (χ1v) is 9.28. The van der Waals surface area contributed by atoms with Gasteiger partial charge in [-0.15, -0.1) is 0 Å². The Hall–Kier alpha value is -1.11. The topological polar surface area (TPSA) is 66.5 Å². The molecule has 0 unspecified atom stereocenters. The Morgan fingerprint density at radius 3 is 2.59 bits per heavy atom. The van der Waals surface area contributed by atoms with E-state index < -0.39 is 10.0 Å². The summed E-state index contributed by atoms with van der Waals surface area (Å²) in [7, 11) is -3.64. The summed E-state index contributed by atoms with van der Waals surface area (Å²) in [4.78, 5) is 12.2. The Morgan fingerprint density at radius 1 is 1.36 bits per heavy atom. The van der Waals surface area contributed by atoms with Crippen LogP contribution in [0.2, 0.25) is 5.02 Å². The molecular weight excluding hydrogens is 324 g/mol. The molecule has 122 valence electrons. The number of sulfonamides is 1. The molecule has 2 rings (SSSR count). The predicted molar refractivity (Wildman–Crippen MR) is 86.7 cm³/mol. The normalized spacial score (nSPS) is 17.4. The Bertz CT molecular complexity index is 655. The third kappa shape index (κ3) is 3.62. The van der Waals surface area contributed by atoms with E-state index >= 15 is 0 Å². The van der Waals surface area contributed by atoms with Crippen LogP contribution in [0.5, 0.6) is 0 Å². The van der Waals surface area contributed by atoms with Crippen LogP contribution in [-0.4, -0.2) is 37.8 Å². The lowest BCUT2D eigenvalue weighted by molar-refractivity contribution is 0.0939. The smallest absolute Gasteiger partial charge is 0.251 e. The molecule has 1 aromatic carbocycles. The maximum absolute atomic E-state index is 12.6. The number of carbonyl (C=O) groups is 1. The molecule has 0 aromatic heterocycles. The second-order valence-electron chi connectivity index (χ2n) is 5.54. The average molecular weight is 345 g/mol. The molecule has 1 atom stereocenters. The standard InChI is InChI=1S/C15H21ClN2O3S/c1-3-11(2)17-15(19)12-6-7-13(16)14(10-12)22(20,21)18-8-4-5-9-18/h6-7,10-11H,3-5,8-9H2,1-2H3,(H,17,19)/t11-/m0/s1. The van der Waals surface area contributed by atoms with Gasteiger partial charge in [-0.2, -0.15) is 4.31 Å². The van der Waals surface area contributed by atoms with Crippen molar-refractivity contribution in [1.82, 2.24) is 9.62 Å². The van der Waals surface area contributed by atoms with Crippen LogP contribution in [0, 0.1) is 0 Å². The van der Waals surface area contributed by atoms with E-state index in [1.165, 1.54) is 16.4 Å². The van der Waals surface area contributed by atoms with Crippen LogP contribution in [0.25, 0.3) is 0 Å². The molecule has 22 heavy (non-hydrogen) atoms. The molecule has 1 fully saturated rings.